The van der Waals surface area contributed by atoms with Gasteiger partial charge in [0, 0.05) is 54.7 Å². The normalized spacial score (nSPS) is 14.3. The maximum absolute atomic E-state index is 13.9. The maximum Gasteiger partial charge on any atom is 0.410 e. The Balaban J connectivity index is 1.22. The van der Waals surface area contributed by atoms with Gasteiger partial charge in [0.1, 0.15) is 24.2 Å². The molecule has 2 aromatic heterocycles. The minimum absolute atomic E-state index is 0.0614. The van der Waals surface area contributed by atoms with Gasteiger partial charge in [-0.3, -0.25) is 15.0 Å². The van der Waals surface area contributed by atoms with E-state index in [4.69, 9.17) is 38.8 Å². The number of hydrogen-bond acceptors (Lipinski definition) is 10. The van der Waals surface area contributed by atoms with Crippen molar-refractivity contribution >= 4 is 69.2 Å². The molecule has 0 spiro atoms. The fourth-order valence-corrected chi connectivity index (χ4v) is 6.14. The summed E-state index contributed by atoms with van der Waals surface area (Å²) in [5.41, 5.74) is 4.24. The molecule has 6 rings (SSSR count). The Morgan fingerprint density at radius 1 is 1.08 bits per heavy atom. The molecule has 0 saturated carbocycles. The molecule has 1 fully saturated rings. The van der Waals surface area contributed by atoms with E-state index in [1.165, 1.54) is 24.4 Å². The predicted octanol–water partition coefficient (Wildman–Crippen LogP) is 8.03. The lowest BCUT2D eigenvalue weighted by Gasteiger charge is -2.29. The number of nitrogens with two attached hydrogens (primary N) is 1. The highest BCUT2D eigenvalue weighted by Crippen LogP contribution is 2.36. The zero-order valence-electron chi connectivity index (χ0n) is 27.1. The lowest BCUT2D eigenvalue weighted by Crippen LogP contribution is -2.40. The number of carbonyl (C=O) groups is 1. The van der Waals surface area contributed by atoms with E-state index in [-0.39, 0.29) is 29.3 Å². The fourth-order valence-electron chi connectivity index (χ4n) is 5.69. The van der Waals surface area contributed by atoms with E-state index in [1.54, 1.807) is 41.7 Å². The Labute approximate surface area is 303 Å². The van der Waals surface area contributed by atoms with Crippen LogP contribution in [0.15, 0.2) is 101 Å². The van der Waals surface area contributed by atoms with E-state index in [2.05, 4.69) is 31.8 Å². The summed E-state index contributed by atoms with van der Waals surface area (Å²) in [5, 5.41) is 21.4. The number of aromatic nitrogens is 2. The van der Waals surface area contributed by atoms with Crippen LogP contribution in [0.5, 0.6) is 0 Å². The third-order valence-electron chi connectivity index (χ3n) is 8.35. The van der Waals surface area contributed by atoms with Crippen LogP contribution in [0.2, 0.25) is 10.0 Å². The summed E-state index contributed by atoms with van der Waals surface area (Å²) in [7, 11) is 0. The molecule has 4 N–H and O–H groups in total. The van der Waals surface area contributed by atoms with Gasteiger partial charge in [-0.1, -0.05) is 59.6 Å². The number of benzene rings is 3. The Bertz CT molecular complexity index is 2120. The number of ether oxygens (including phenoxy) is 1. The number of anilines is 3. The van der Waals surface area contributed by atoms with E-state index >= 15 is 0 Å². The Morgan fingerprint density at radius 3 is 2.57 bits per heavy atom. The summed E-state index contributed by atoms with van der Waals surface area (Å²) in [6.45, 7) is 1.23. The van der Waals surface area contributed by atoms with Crippen molar-refractivity contribution in [2.45, 2.75) is 31.5 Å². The average Bonchev–Trinajstić information content (AvgIpc) is 3.16. The van der Waals surface area contributed by atoms with Crippen LogP contribution in [0.3, 0.4) is 0 Å². The second-order valence-electron chi connectivity index (χ2n) is 11.7. The number of likely N-dealkylation sites (tertiary alicyclic amines) is 1. The first-order valence-electron chi connectivity index (χ1n) is 16.0. The standard InChI is InChI=1S/C37H32Cl2FN9O2/c38-30-16-27(8-9-32(30)40)46-34-25(18-41)20-45-36-29(34)15-28(17-31(36)39)47-35(24-7-4-12-43-19-24)33(48-42)21-44-26-10-13-49(14-11-26)37(50)51-22-23-5-2-1-3-6-23/h1-9,12,15-17,19-21,26,35,47H,10-11,13-14,22,42H2,(H,45,46). The molecule has 1 aliphatic heterocycles. The van der Waals surface area contributed by atoms with E-state index in [0.29, 0.717) is 64.6 Å². The third kappa shape index (κ3) is 8.52. The number of carbonyl (C=O) groups excluding carboxylic acids is 1. The molecular weight excluding hydrogens is 692 g/mol. The number of nitrogens with one attached hydrogen (secondary N) is 2. The second kappa shape index (κ2) is 16.3. The molecule has 1 saturated heterocycles. The molecule has 258 valence electrons. The quantitative estimate of drug-likeness (QED) is 0.0743. The summed E-state index contributed by atoms with van der Waals surface area (Å²) in [5.74, 6) is 5.40. The predicted molar refractivity (Wildman–Crippen MR) is 198 cm³/mol. The van der Waals surface area contributed by atoms with E-state index in [0.717, 1.165) is 11.1 Å². The summed E-state index contributed by atoms with van der Waals surface area (Å²) in [4.78, 5) is 27.9. The number of amides is 1. The summed E-state index contributed by atoms with van der Waals surface area (Å²) in [6, 6.07) is 22.4. The van der Waals surface area contributed by atoms with Crippen LogP contribution < -0.4 is 16.5 Å². The van der Waals surface area contributed by atoms with Gasteiger partial charge in [-0.15, -0.1) is 0 Å². The number of rotatable bonds is 10. The molecule has 14 heteroatoms. The molecule has 5 aromatic rings. The Morgan fingerprint density at radius 2 is 1.86 bits per heavy atom. The van der Waals surface area contributed by atoms with Crippen LogP contribution in [0.1, 0.15) is 35.6 Å². The summed E-state index contributed by atoms with van der Waals surface area (Å²) in [6.07, 6.45) is 7.35. The monoisotopic (exact) mass is 723 g/mol. The van der Waals surface area contributed by atoms with Crippen molar-refractivity contribution in [1.29, 1.82) is 5.26 Å². The molecule has 0 radical (unpaired) electrons. The number of halogens is 3. The fraction of sp³-hybridized carbons (Fsp3) is 0.189. The third-order valence-corrected chi connectivity index (χ3v) is 8.93. The van der Waals surface area contributed by atoms with Crippen molar-refractivity contribution in [1.82, 2.24) is 14.9 Å². The topological polar surface area (TPSA) is 154 Å². The average molecular weight is 725 g/mol. The number of aliphatic imine (C=N–C) groups is 1. The van der Waals surface area contributed by atoms with Gasteiger partial charge in [-0.05, 0) is 60.4 Å². The molecule has 0 bridgehead atoms. The molecule has 11 nitrogen and oxygen atoms in total. The zero-order chi connectivity index (χ0) is 35.7. The van der Waals surface area contributed by atoms with E-state index in [1.807, 2.05) is 36.4 Å². The van der Waals surface area contributed by atoms with Gasteiger partial charge in [0.05, 0.1) is 38.9 Å². The highest BCUT2D eigenvalue weighted by atomic mass is 35.5. The molecule has 3 aromatic carbocycles. The van der Waals surface area contributed by atoms with Crippen molar-refractivity contribution in [3.63, 3.8) is 0 Å². The molecule has 0 aliphatic carbocycles. The van der Waals surface area contributed by atoms with Crippen LogP contribution >= 0.6 is 23.2 Å². The van der Waals surface area contributed by atoms with Crippen molar-refractivity contribution in [3.05, 3.63) is 124 Å². The molecule has 1 aliphatic rings. The highest BCUT2D eigenvalue weighted by Gasteiger charge is 2.25. The Hall–Kier alpha value is -5.77. The van der Waals surface area contributed by atoms with Gasteiger partial charge in [-0.25, -0.2) is 9.18 Å². The maximum atomic E-state index is 13.9. The van der Waals surface area contributed by atoms with Gasteiger partial charge in [0.25, 0.3) is 0 Å². The van der Waals surface area contributed by atoms with Crippen molar-refractivity contribution in [3.8, 4) is 6.07 Å². The van der Waals surface area contributed by atoms with Crippen LogP contribution in [0.4, 0.5) is 26.2 Å². The number of piperidine rings is 1. The minimum Gasteiger partial charge on any atom is -0.445 e. The van der Waals surface area contributed by atoms with Gasteiger partial charge in [0.2, 0.25) is 0 Å². The molecular formula is C37H32Cl2FN9O2. The summed E-state index contributed by atoms with van der Waals surface area (Å²) < 4.78 is 19.4. The van der Waals surface area contributed by atoms with Crippen LogP contribution in [-0.4, -0.2) is 52.0 Å². The largest absolute Gasteiger partial charge is 0.445 e. The van der Waals surface area contributed by atoms with E-state index < -0.39 is 11.9 Å². The molecule has 3 heterocycles. The minimum atomic E-state index is -0.603. The van der Waals surface area contributed by atoms with E-state index in [9.17, 15) is 14.4 Å². The number of fused-ring (bicyclic) bond motifs is 1. The van der Waals surface area contributed by atoms with Crippen LogP contribution in [-0.2, 0) is 11.3 Å². The smallest absolute Gasteiger partial charge is 0.410 e. The van der Waals surface area contributed by atoms with Gasteiger partial charge in [0.15, 0.2) is 0 Å². The Kier molecular flexibility index (Phi) is 11.2. The highest BCUT2D eigenvalue weighted by molar-refractivity contribution is 6.36. The van der Waals surface area contributed by atoms with Crippen LogP contribution in [0.25, 0.3) is 10.9 Å². The van der Waals surface area contributed by atoms with Gasteiger partial charge < -0.3 is 26.1 Å². The molecule has 1 amide bonds. The zero-order valence-corrected chi connectivity index (χ0v) is 28.7. The van der Waals surface area contributed by atoms with Crippen molar-refractivity contribution in [2.24, 2.45) is 15.9 Å². The molecule has 1 atom stereocenters. The van der Waals surface area contributed by atoms with Crippen molar-refractivity contribution in [2.75, 3.05) is 23.7 Å². The van der Waals surface area contributed by atoms with Gasteiger partial charge >= 0.3 is 6.09 Å². The first-order valence-corrected chi connectivity index (χ1v) is 16.8. The lowest BCUT2D eigenvalue weighted by atomic mass is 10.0. The number of hydrazone groups is 1. The number of hydrogen-bond donors (Lipinski definition) is 3. The summed E-state index contributed by atoms with van der Waals surface area (Å²) >= 11 is 12.8. The van der Waals surface area contributed by atoms with Crippen molar-refractivity contribution < 1.29 is 13.9 Å². The first kappa shape index (κ1) is 35.1. The number of pyridine rings is 2. The molecule has 51 heavy (non-hydrogen) atoms. The lowest BCUT2D eigenvalue weighted by molar-refractivity contribution is 0.0875. The molecule has 1 unspecified atom stereocenters. The first-order chi connectivity index (χ1) is 24.8. The number of nitriles is 1. The van der Waals surface area contributed by atoms with Crippen LogP contribution in [0, 0.1) is 17.1 Å². The van der Waals surface area contributed by atoms with Gasteiger partial charge in [-0.2, -0.15) is 10.4 Å². The SMILES string of the molecule is N#Cc1cnc2c(Cl)cc(NC(C(C=NC3CCN(C(=O)OCc4ccccc4)CC3)=NN)c3cccnc3)cc2c1Nc1ccc(F)c(Cl)c1. The number of nitrogens with zero attached hydrogens (tertiary/aromatic N) is 6. The second-order valence-corrected chi connectivity index (χ2v) is 12.5.